The molecule has 7 heteroatoms. The Morgan fingerprint density at radius 1 is 1.30 bits per heavy atom. The molecule has 1 rings (SSSR count). The predicted octanol–water partition coefficient (Wildman–Crippen LogP) is 3.94. The topological polar surface area (TPSA) is 53.4 Å². The van der Waals surface area contributed by atoms with E-state index in [1.807, 2.05) is 0 Å². The molecular formula is C13H17F3N2O2. The van der Waals surface area contributed by atoms with E-state index < -0.39 is 29.5 Å². The Hall–Kier alpha value is -1.79. The van der Waals surface area contributed by atoms with Crippen molar-refractivity contribution in [2.24, 2.45) is 0 Å². The molecule has 0 aromatic carbocycles. The van der Waals surface area contributed by atoms with Crippen molar-refractivity contribution in [2.75, 3.05) is 0 Å². The molecule has 1 amide bonds. The summed E-state index contributed by atoms with van der Waals surface area (Å²) in [6, 6.07) is 1.51. The van der Waals surface area contributed by atoms with Gasteiger partial charge in [0.05, 0.1) is 6.04 Å². The number of aromatic nitrogens is 1. The van der Waals surface area contributed by atoms with Crippen LogP contribution in [0.25, 0.3) is 0 Å². The van der Waals surface area contributed by atoms with E-state index in [-0.39, 0.29) is 0 Å². The van der Waals surface area contributed by atoms with Crippen molar-refractivity contribution in [3.63, 3.8) is 0 Å². The highest BCUT2D eigenvalue weighted by Gasteiger charge is 2.34. The third-order valence-electron chi connectivity index (χ3n) is 2.88. The second kappa shape index (κ2) is 5.30. The number of hydrogen-bond acceptors (Lipinski definition) is 2. The normalized spacial score (nSPS) is 13.9. The Morgan fingerprint density at radius 3 is 2.15 bits per heavy atom. The molecule has 0 aliphatic rings. The molecule has 1 heterocycles. The molecule has 0 radical (unpaired) electrons. The summed E-state index contributed by atoms with van der Waals surface area (Å²) in [4.78, 5) is 15.8. The van der Waals surface area contributed by atoms with Gasteiger partial charge < -0.3 is 5.11 Å². The Balaban J connectivity index is 3.08. The maximum atomic E-state index is 12.4. The number of alkyl halides is 3. The lowest BCUT2D eigenvalue weighted by Gasteiger charge is -2.38. The van der Waals surface area contributed by atoms with Crippen LogP contribution in [-0.4, -0.2) is 26.6 Å². The second-order valence-electron chi connectivity index (χ2n) is 5.47. The van der Waals surface area contributed by atoms with Crippen LogP contribution in [0.1, 0.15) is 45.0 Å². The molecule has 112 valence electrons. The Kier molecular flexibility index (Phi) is 4.31. The van der Waals surface area contributed by atoms with Gasteiger partial charge in [0.15, 0.2) is 0 Å². The number of amides is 1. The second-order valence-corrected chi connectivity index (χ2v) is 5.47. The standard InChI is InChI=1S/C13H17F3N2O2/c1-8(18(11(19)20)12(2,3)4)9-5-6-10(17-7-9)13(14,15)16/h5-8H,1-4H3,(H,19,20)/t8-/m1/s1. The number of carbonyl (C=O) groups is 1. The van der Waals surface area contributed by atoms with Gasteiger partial charge in [0.1, 0.15) is 5.69 Å². The Bertz CT molecular complexity index is 478. The molecule has 0 bridgehead atoms. The molecule has 0 fully saturated rings. The van der Waals surface area contributed by atoms with Crippen LogP contribution in [0.2, 0.25) is 0 Å². The lowest BCUT2D eigenvalue weighted by Crippen LogP contribution is -2.46. The van der Waals surface area contributed by atoms with Crippen molar-refractivity contribution >= 4 is 6.09 Å². The van der Waals surface area contributed by atoms with E-state index in [4.69, 9.17) is 0 Å². The van der Waals surface area contributed by atoms with Crippen LogP contribution >= 0.6 is 0 Å². The molecular weight excluding hydrogens is 273 g/mol. The largest absolute Gasteiger partial charge is 0.465 e. The molecule has 0 spiro atoms. The average molecular weight is 290 g/mol. The Labute approximate surface area is 115 Å². The quantitative estimate of drug-likeness (QED) is 0.897. The van der Waals surface area contributed by atoms with Crippen molar-refractivity contribution in [1.29, 1.82) is 0 Å². The van der Waals surface area contributed by atoms with E-state index in [1.54, 1.807) is 27.7 Å². The van der Waals surface area contributed by atoms with Gasteiger partial charge >= 0.3 is 12.3 Å². The molecule has 1 aromatic heterocycles. The molecule has 1 atom stereocenters. The van der Waals surface area contributed by atoms with Crippen LogP contribution in [0, 0.1) is 0 Å². The van der Waals surface area contributed by atoms with E-state index in [0.29, 0.717) is 5.56 Å². The first-order valence-electron chi connectivity index (χ1n) is 6.00. The first-order valence-corrected chi connectivity index (χ1v) is 6.00. The van der Waals surface area contributed by atoms with E-state index in [2.05, 4.69) is 4.98 Å². The van der Waals surface area contributed by atoms with Gasteiger partial charge in [-0.1, -0.05) is 6.07 Å². The number of hydrogen-bond donors (Lipinski definition) is 1. The van der Waals surface area contributed by atoms with Gasteiger partial charge in [0.25, 0.3) is 0 Å². The summed E-state index contributed by atoms with van der Waals surface area (Å²) in [5.74, 6) is 0. The predicted molar refractivity (Wildman–Crippen MR) is 67.3 cm³/mol. The molecule has 1 N–H and O–H groups in total. The lowest BCUT2D eigenvalue weighted by molar-refractivity contribution is -0.141. The van der Waals surface area contributed by atoms with Crippen molar-refractivity contribution in [1.82, 2.24) is 9.88 Å². The molecule has 0 saturated heterocycles. The van der Waals surface area contributed by atoms with Crippen molar-refractivity contribution in [3.05, 3.63) is 29.6 Å². The highest BCUT2D eigenvalue weighted by Crippen LogP contribution is 2.31. The van der Waals surface area contributed by atoms with Crippen LogP contribution < -0.4 is 0 Å². The van der Waals surface area contributed by atoms with Crippen molar-refractivity contribution < 1.29 is 23.1 Å². The van der Waals surface area contributed by atoms with E-state index in [0.717, 1.165) is 12.3 Å². The summed E-state index contributed by atoms with van der Waals surface area (Å²) in [6.07, 6.45) is -4.57. The highest BCUT2D eigenvalue weighted by atomic mass is 19.4. The monoisotopic (exact) mass is 290 g/mol. The SMILES string of the molecule is C[C@H](c1ccc(C(F)(F)F)nc1)N(C(=O)O)C(C)(C)C. The fourth-order valence-corrected chi connectivity index (χ4v) is 2.00. The fourth-order valence-electron chi connectivity index (χ4n) is 2.00. The van der Waals surface area contributed by atoms with Gasteiger partial charge in [-0.25, -0.2) is 4.79 Å². The lowest BCUT2D eigenvalue weighted by atomic mass is 10.0. The molecule has 0 aliphatic heterocycles. The summed E-state index contributed by atoms with van der Waals surface area (Å²) in [6.45, 7) is 6.77. The van der Waals surface area contributed by atoms with E-state index >= 15 is 0 Å². The summed E-state index contributed by atoms with van der Waals surface area (Å²) < 4.78 is 37.3. The zero-order valence-corrected chi connectivity index (χ0v) is 11.7. The van der Waals surface area contributed by atoms with Crippen LogP contribution in [0.15, 0.2) is 18.3 Å². The molecule has 4 nitrogen and oxygen atoms in total. The van der Waals surface area contributed by atoms with Crippen LogP contribution in [0.5, 0.6) is 0 Å². The minimum atomic E-state index is -4.50. The van der Waals surface area contributed by atoms with Gasteiger partial charge in [0.2, 0.25) is 0 Å². The molecule has 0 unspecified atom stereocenters. The van der Waals surface area contributed by atoms with Gasteiger partial charge in [-0.3, -0.25) is 9.88 Å². The first kappa shape index (κ1) is 16.3. The highest BCUT2D eigenvalue weighted by molar-refractivity contribution is 5.66. The van der Waals surface area contributed by atoms with Crippen LogP contribution in [0.3, 0.4) is 0 Å². The third kappa shape index (κ3) is 3.61. The minimum absolute atomic E-state index is 0.412. The molecule has 1 aromatic rings. The van der Waals surface area contributed by atoms with Gasteiger partial charge in [0, 0.05) is 11.7 Å². The van der Waals surface area contributed by atoms with Gasteiger partial charge in [-0.15, -0.1) is 0 Å². The maximum absolute atomic E-state index is 12.4. The van der Waals surface area contributed by atoms with Crippen LogP contribution in [-0.2, 0) is 6.18 Å². The van der Waals surface area contributed by atoms with Gasteiger partial charge in [-0.2, -0.15) is 13.2 Å². The number of carboxylic acid groups (broad SMARTS) is 1. The first-order chi connectivity index (χ1) is 8.94. The average Bonchev–Trinajstić information content (AvgIpc) is 2.25. The fraction of sp³-hybridized carbons (Fsp3) is 0.538. The summed E-state index contributed by atoms with van der Waals surface area (Å²) in [7, 11) is 0. The maximum Gasteiger partial charge on any atom is 0.433 e. The minimum Gasteiger partial charge on any atom is -0.465 e. The molecule has 0 aliphatic carbocycles. The number of pyridine rings is 1. The Morgan fingerprint density at radius 2 is 1.85 bits per heavy atom. The number of nitrogens with zero attached hydrogens (tertiary/aromatic N) is 2. The molecule has 0 saturated carbocycles. The number of rotatable bonds is 2. The number of halogens is 3. The summed E-state index contributed by atoms with van der Waals surface area (Å²) in [5.41, 5.74) is -1.25. The van der Waals surface area contributed by atoms with Crippen molar-refractivity contribution in [2.45, 2.75) is 45.5 Å². The van der Waals surface area contributed by atoms with E-state index in [9.17, 15) is 23.1 Å². The van der Waals surface area contributed by atoms with E-state index in [1.165, 1.54) is 11.0 Å². The van der Waals surface area contributed by atoms with Crippen LogP contribution in [0.4, 0.5) is 18.0 Å². The zero-order valence-electron chi connectivity index (χ0n) is 11.7. The third-order valence-corrected chi connectivity index (χ3v) is 2.88. The van der Waals surface area contributed by atoms with Gasteiger partial charge in [-0.05, 0) is 39.3 Å². The summed E-state index contributed by atoms with van der Waals surface area (Å²) in [5, 5.41) is 9.25. The zero-order chi connectivity index (χ0) is 15.7. The van der Waals surface area contributed by atoms with Crippen molar-refractivity contribution in [3.8, 4) is 0 Å². The smallest absolute Gasteiger partial charge is 0.433 e. The summed E-state index contributed by atoms with van der Waals surface area (Å²) >= 11 is 0. The molecule has 20 heavy (non-hydrogen) atoms.